The second kappa shape index (κ2) is 14.9. The first-order valence-corrected chi connectivity index (χ1v) is 18.1. The molecule has 5 heterocycles. The molecule has 13 heteroatoms. The molecule has 50 heavy (non-hydrogen) atoms. The number of likely N-dealkylation sites (tertiary alicyclic amines) is 1. The van der Waals surface area contributed by atoms with Crippen molar-refractivity contribution in [2.45, 2.75) is 38.6 Å². The van der Waals surface area contributed by atoms with E-state index in [1.807, 2.05) is 67.6 Å². The highest BCUT2D eigenvalue weighted by Gasteiger charge is 2.40. The summed E-state index contributed by atoms with van der Waals surface area (Å²) in [5.74, 6) is 1.86. The normalized spacial score (nSPS) is 16.7. The first-order chi connectivity index (χ1) is 23.7. The predicted octanol–water partition coefficient (Wildman–Crippen LogP) is 7.10. The van der Waals surface area contributed by atoms with Crippen molar-refractivity contribution in [2.75, 3.05) is 39.1 Å². The first-order valence-electron chi connectivity index (χ1n) is 16.4. The number of benzene rings is 3. The van der Waals surface area contributed by atoms with Gasteiger partial charge in [0.05, 0.1) is 24.9 Å². The number of nitrogens with two attached hydrogens (primary N) is 1. The molecule has 1 fully saturated rings. The Kier molecular flexibility index (Phi) is 10.5. The lowest BCUT2D eigenvalue weighted by molar-refractivity contribution is 0.0703. The Balaban J connectivity index is 0.000000242. The number of aromatic carboxylic acids is 1. The highest BCUT2D eigenvalue weighted by Crippen LogP contribution is 2.46. The SMILES string of the molecule is COc1cccc2c1[C@@H]1CN(CCCCCn3c(=O)[nH]c4c(sc5ccccc54)c3=O)C[C@H]1CO2.Cc1cccc2sc(C(=O)O)c(N)c12.Cl. The number of rotatable bonds is 8. The zero-order valence-corrected chi connectivity index (χ0v) is 30.2. The van der Waals surface area contributed by atoms with Gasteiger partial charge < -0.3 is 30.2 Å². The second-order valence-electron chi connectivity index (χ2n) is 12.7. The summed E-state index contributed by atoms with van der Waals surface area (Å²) >= 11 is 2.67. The van der Waals surface area contributed by atoms with E-state index in [-0.39, 0.29) is 28.5 Å². The third-order valence-electron chi connectivity index (χ3n) is 9.61. The number of H-pyrrole nitrogens is 1. The monoisotopic (exact) mass is 734 g/mol. The summed E-state index contributed by atoms with van der Waals surface area (Å²) in [7, 11) is 1.72. The number of hydrogen-bond donors (Lipinski definition) is 3. The van der Waals surface area contributed by atoms with Gasteiger partial charge >= 0.3 is 11.7 Å². The number of carboxylic acids is 1. The fourth-order valence-corrected chi connectivity index (χ4v) is 9.38. The van der Waals surface area contributed by atoms with Crippen molar-refractivity contribution in [3.05, 3.63) is 97.5 Å². The average Bonchev–Trinajstić information content (AvgIpc) is 3.79. The summed E-state index contributed by atoms with van der Waals surface area (Å²) in [5, 5.41) is 10.7. The number of nitrogen functional groups attached to an aromatic ring is 1. The number of carbonyl (C=O) groups is 1. The molecule has 4 N–H and O–H groups in total. The molecular weight excluding hydrogens is 696 g/mol. The Morgan fingerprint density at radius 2 is 1.76 bits per heavy atom. The van der Waals surface area contributed by atoms with Crippen molar-refractivity contribution in [3.8, 4) is 11.5 Å². The van der Waals surface area contributed by atoms with Crippen LogP contribution in [0.5, 0.6) is 11.5 Å². The molecule has 6 aromatic rings. The fraction of sp³-hybridized carbons (Fsp3) is 0.324. The smallest absolute Gasteiger partial charge is 0.348 e. The minimum absolute atomic E-state index is 0. The van der Waals surface area contributed by atoms with Gasteiger partial charge in [-0.3, -0.25) is 9.36 Å². The van der Waals surface area contributed by atoms with Crippen LogP contribution in [0.15, 0.2) is 70.3 Å². The van der Waals surface area contributed by atoms with Gasteiger partial charge in [0.2, 0.25) is 0 Å². The number of aryl methyl sites for hydroxylation is 1. The number of aromatic nitrogens is 2. The van der Waals surface area contributed by atoms with Crippen LogP contribution >= 0.6 is 35.1 Å². The number of ether oxygens (including phenoxy) is 2. The van der Waals surface area contributed by atoms with Gasteiger partial charge in [-0.1, -0.05) is 42.8 Å². The number of carboxylic acid groups (broad SMARTS) is 1. The molecule has 2 aliphatic rings. The van der Waals surface area contributed by atoms with Crippen LogP contribution < -0.4 is 26.5 Å². The van der Waals surface area contributed by atoms with Gasteiger partial charge in [-0.15, -0.1) is 35.1 Å². The van der Waals surface area contributed by atoms with Crippen LogP contribution in [0.3, 0.4) is 0 Å². The lowest BCUT2D eigenvalue weighted by atomic mass is 9.86. The quantitative estimate of drug-likeness (QED) is 0.141. The van der Waals surface area contributed by atoms with Crippen molar-refractivity contribution < 1.29 is 19.4 Å². The van der Waals surface area contributed by atoms with Crippen molar-refractivity contribution in [1.29, 1.82) is 0 Å². The van der Waals surface area contributed by atoms with Crippen molar-refractivity contribution in [1.82, 2.24) is 14.5 Å². The molecular formula is C37H39ClN4O6S2. The zero-order chi connectivity index (χ0) is 34.2. The lowest BCUT2D eigenvalue weighted by Crippen LogP contribution is -2.34. The van der Waals surface area contributed by atoms with Crippen LogP contribution in [-0.4, -0.2) is 58.9 Å². The Labute approximate surface area is 302 Å². The van der Waals surface area contributed by atoms with Gasteiger partial charge in [0.1, 0.15) is 21.1 Å². The summed E-state index contributed by atoms with van der Waals surface area (Å²) < 4.78 is 15.6. The van der Waals surface area contributed by atoms with Gasteiger partial charge in [-0.05, 0) is 56.1 Å². The summed E-state index contributed by atoms with van der Waals surface area (Å²) in [4.78, 5) is 42.2. The fourth-order valence-electron chi connectivity index (χ4n) is 7.23. The molecule has 0 bridgehead atoms. The third kappa shape index (κ3) is 6.60. The van der Waals surface area contributed by atoms with Crippen LogP contribution in [-0.2, 0) is 6.54 Å². The number of thiophene rings is 2. The molecule has 3 aromatic carbocycles. The summed E-state index contributed by atoms with van der Waals surface area (Å²) in [5.41, 5.74) is 8.55. The van der Waals surface area contributed by atoms with E-state index < -0.39 is 5.97 Å². The highest BCUT2D eigenvalue weighted by atomic mass is 35.5. The topological polar surface area (TPSA) is 140 Å². The van der Waals surface area contributed by atoms with Crippen LogP contribution in [0.25, 0.3) is 30.4 Å². The number of methoxy groups -OCH3 is 1. The van der Waals surface area contributed by atoms with E-state index in [9.17, 15) is 14.4 Å². The van der Waals surface area contributed by atoms with E-state index in [0.717, 1.165) is 82.7 Å². The van der Waals surface area contributed by atoms with Crippen molar-refractivity contribution >= 4 is 77.1 Å². The maximum Gasteiger partial charge on any atom is 0.348 e. The van der Waals surface area contributed by atoms with Gasteiger partial charge in [0, 0.05) is 57.2 Å². The lowest BCUT2D eigenvalue weighted by Gasteiger charge is -2.29. The number of aromatic amines is 1. The molecule has 0 unspecified atom stereocenters. The number of unbranched alkanes of at least 4 members (excludes halogenated alkanes) is 2. The average molecular weight is 735 g/mol. The number of halogens is 1. The Morgan fingerprint density at radius 3 is 2.54 bits per heavy atom. The number of anilines is 1. The van der Waals surface area contributed by atoms with Gasteiger partial charge in [0.25, 0.3) is 5.56 Å². The number of fused-ring (bicyclic) bond motifs is 7. The third-order valence-corrected chi connectivity index (χ3v) is 11.9. The zero-order valence-electron chi connectivity index (χ0n) is 27.8. The minimum Gasteiger partial charge on any atom is -0.496 e. The molecule has 0 saturated carbocycles. The minimum atomic E-state index is -0.955. The summed E-state index contributed by atoms with van der Waals surface area (Å²) in [6.07, 6.45) is 2.81. The van der Waals surface area contributed by atoms with Gasteiger partial charge in [0.15, 0.2) is 0 Å². The molecule has 2 atom stereocenters. The Morgan fingerprint density at radius 1 is 1.00 bits per heavy atom. The molecule has 0 amide bonds. The molecule has 0 spiro atoms. The van der Waals surface area contributed by atoms with Crippen LogP contribution in [0.2, 0.25) is 0 Å². The maximum absolute atomic E-state index is 13.0. The van der Waals surface area contributed by atoms with E-state index in [1.165, 1.54) is 32.8 Å². The number of nitrogens with one attached hydrogen (secondary N) is 1. The molecule has 0 aliphatic carbocycles. The number of nitrogens with zero attached hydrogens (tertiary/aromatic N) is 2. The molecule has 0 radical (unpaired) electrons. The van der Waals surface area contributed by atoms with Crippen LogP contribution in [0.4, 0.5) is 5.69 Å². The maximum atomic E-state index is 13.0. The Hall–Kier alpha value is -4.36. The van der Waals surface area contributed by atoms with E-state index in [0.29, 0.717) is 34.3 Å². The largest absolute Gasteiger partial charge is 0.496 e. The van der Waals surface area contributed by atoms with Gasteiger partial charge in [-0.25, -0.2) is 9.59 Å². The van der Waals surface area contributed by atoms with Crippen molar-refractivity contribution in [2.24, 2.45) is 5.92 Å². The molecule has 10 nitrogen and oxygen atoms in total. The molecule has 3 aromatic heterocycles. The molecule has 8 rings (SSSR count). The predicted molar refractivity (Wildman–Crippen MR) is 204 cm³/mol. The van der Waals surface area contributed by atoms with Crippen LogP contribution in [0, 0.1) is 12.8 Å². The van der Waals surface area contributed by atoms with Crippen molar-refractivity contribution in [3.63, 3.8) is 0 Å². The van der Waals surface area contributed by atoms with E-state index >= 15 is 0 Å². The van der Waals surface area contributed by atoms with E-state index in [1.54, 1.807) is 7.11 Å². The summed E-state index contributed by atoms with van der Waals surface area (Å²) in [6, 6.07) is 19.6. The number of hydrogen-bond acceptors (Lipinski definition) is 9. The molecule has 262 valence electrons. The second-order valence-corrected chi connectivity index (χ2v) is 14.8. The van der Waals surface area contributed by atoms with Crippen LogP contribution in [0.1, 0.15) is 46.0 Å². The van der Waals surface area contributed by atoms with E-state index in [2.05, 4.69) is 9.88 Å². The Bertz CT molecular complexity index is 2300. The highest BCUT2D eigenvalue weighted by molar-refractivity contribution is 7.25. The first kappa shape index (κ1) is 35.5. The van der Waals surface area contributed by atoms with Gasteiger partial charge in [-0.2, -0.15) is 0 Å². The van der Waals surface area contributed by atoms with E-state index in [4.69, 9.17) is 20.3 Å². The summed E-state index contributed by atoms with van der Waals surface area (Å²) in [6.45, 7) is 6.19. The molecule has 2 aliphatic heterocycles. The molecule has 1 saturated heterocycles. The standard InChI is InChI=1S/C27H29N3O4S.C10H9NO2S.ClH/c1-33-20-9-7-10-21-23(20)19-15-29(14-17(19)16-34-21)12-5-2-6-13-30-26(31)25-24(28-27(30)32)18-8-3-4-11-22(18)35-25;1-5-3-2-4-6-7(5)8(11)9(14-6)10(12)13;/h3-4,7-11,17,19H,2,5-6,12-16H2,1H3,(H,28,32);2-4H,11H2,1H3,(H,12,13);1H/t17-,19+;;/m0../s1.